The van der Waals surface area contributed by atoms with Gasteiger partial charge in [0, 0.05) is 37.9 Å². The monoisotopic (exact) mass is 226 g/mol. The molecule has 66 valence electrons. The van der Waals surface area contributed by atoms with Gasteiger partial charge in [0.05, 0.1) is 0 Å². The molecule has 2 rings (SSSR count). The standard InChI is InChI=1S/C10H14N2.Zn/c1-12-7-3-5-10(12)9-4-2-6-11-8-9;/h2,4,6,8,10H,3,5,7H2,1H3;. The van der Waals surface area contributed by atoms with Crippen LogP contribution in [0.5, 0.6) is 0 Å². The number of pyridine rings is 1. The molecule has 1 aromatic heterocycles. The van der Waals surface area contributed by atoms with Crippen LogP contribution in [0.4, 0.5) is 0 Å². The maximum Gasteiger partial charge on any atom is 0.0360 e. The van der Waals surface area contributed by atoms with Crippen LogP contribution in [-0.2, 0) is 19.5 Å². The zero-order chi connectivity index (χ0) is 8.39. The van der Waals surface area contributed by atoms with Gasteiger partial charge in [-0.3, -0.25) is 9.88 Å². The van der Waals surface area contributed by atoms with E-state index in [0.29, 0.717) is 6.04 Å². The van der Waals surface area contributed by atoms with Crippen molar-refractivity contribution in [1.82, 2.24) is 9.88 Å². The second kappa shape index (κ2) is 4.83. The van der Waals surface area contributed by atoms with E-state index >= 15 is 0 Å². The van der Waals surface area contributed by atoms with Crippen molar-refractivity contribution < 1.29 is 19.5 Å². The Bertz CT molecular complexity index is 250. The van der Waals surface area contributed by atoms with E-state index in [1.54, 1.807) is 0 Å². The third kappa shape index (κ3) is 2.35. The molecule has 0 aliphatic carbocycles. The first-order valence-electron chi connectivity index (χ1n) is 4.48. The van der Waals surface area contributed by atoms with E-state index in [-0.39, 0.29) is 19.5 Å². The van der Waals surface area contributed by atoms with Gasteiger partial charge in [-0.2, -0.15) is 0 Å². The first kappa shape index (κ1) is 10.8. The van der Waals surface area contributed by atoms with Gasteiger partial charge < -0.3 is 0 Å². The third-order valence-electron chi connectivity index (χ3n) is 2.59. The van der Waals surface area contributed by atoms with E-state index in [4.69, 9.17) is 0 Å². The van der Waals surface area contributed by atoms with Crippen LogP contribution in [0.15, 0.2) is 24.5 Å². The Labute approximate surface area is 92.1 Å². The molecule has 0 radical (unpaired) electrons. The Balaban J connectivity index is 0.000000845. The van der Waals surface area contributed by atoms with Crippen LogP contribution in [0.25, 0.3) is 0 Å². The van der Waals surface area contributed by atoms with Crippen molar-refractivity contribution in [2.45, 2.75) is 18.9 Å². The molecule has 0 amide bonds. The van der Waals surface area contributed by atoms with Gasteiger partial charge in [0.1, 0.15) is 0 Å². The van der Waals surface area contributed by atoms with Crippen molar-refractivity contribution in [3.8, 4) is 0 Å². The van der Waals surface area contributed by atoms with Gasteiger partial charge >= 0.3 is 0 Å². The zero-order valence-electron chi connectivity index (χ0n) is 8.11. The molecule has 1 aliphatic heterocycles. The van der Waals surface area contributed by atoms with E-state index < -0.39 is 0 Å². The number of nitrogens with zero attached hydrogens (tertiary/aromatic N) is 2. The smallest absolute Gasteiger partial charge is 0.0360 e. The molecule has 0 N–H and O–H groups in total. The largest absolute Gasteiger partial charge is 0.299 e. The number of aromatic nitrogens is 1. The maximum atomic E-state index is 4.14. The summed E-state index contributed by atoms with van der Waals surface area (Å²) >= 11 is 0. The van der Waals surface area contributed by atoms with Crippen molar-refractivity contribution in [3.05, 3.63) is 30.1 Å². The van der Waals surface area contributed by atoms with Gasteiger partial charge in [0.15, 0.2) is 0 Å². The summed E-state index contributed by atoms with van der Waals surface area (Å²) in [6.07, 6.45) is 6.41. The third-order valence-corrected chi connectivity index (χ3v) is 2.59. The van der Waals surface area contributed by atoms with Crippen LogP contribution < -0.4 is 0 Å². The van der Waals surface area contributed by atoms with E-state index in [1.807, 2.05) is 18.5 Å². The fourth-order valence-electron chi connectivity index (χ4n) is 1.90. The normalized spacial score (nSPS) is 22.7. The topological polar surface area (TPSA) is 16.1 Å². The zero-order valence-corrected chi connectivity index (χ0v) is 11.1. The Morgan fingerprint density at radius 2 is 2.38 bits per heavy atom. The molecule has 1 saturated heterocycles. The predicted octanol–water partition coefficient (Wildman–Crippen LogP) is 1.85. The maximum absolute atomic E-state index is 4.14. The Morgan fingerprint density at radius 3 is 2.92 bits per heavy atom. The Kier molecular flexibility index (Phi) is 4.02. The van der Waals surface area contributed by atoms with Crippen LogP contribution in [0.3, 0.4) is 0 Å². The molecule has 1 atom stereocenters. The number of likely N-dealkylation sites (tertiary alicyclic amines) is 1. The fourth-order valence-corrected chi connectivity index (χ4v) is 1.90. The molecular weight excluding hydrogens is 214 g/mol. The Hall–Kier alpha value is -0.267. The summed E-state index contributed by atoms with van der Waals surface area (Å²) in [5.41, 5.74) is 1.36. The molecule has 0 aromatic carbocycles. The van der Waals surface area contributed by atoms with Crippen LogP contribution in [-0.4, -0.2) is 23.5 Å². The van der Waals surface area contributed by atoms with Crippen LogP contribution in [0.1, 0.15) is 24.4 Å². The summed E-state index contributed by atoms with van der Waals surface area (Å²) in [5.74, 6) is 0. The second-order valence-corrected chi connectivity index (χ2v) is 3.42. The minimum Gasteiger partial charge on any atom is -0.299 e. The van der Waals surface area contributed by atoms with Gasteiger partial charge in [-0.15, -0.1) is 0 Å². The van der Waals surface area contributed by atoms with Crippen molar-refractivity contribution in [3.63, 3.8) is 0 Å². The minimum absolute atomic E-state index is 0. The summed E-state index contributed by atoms with van der Waals surface area (Å²) in [5, 5.41) is 0. The SMILES string of the molecule is CN1CCCC1c1cccnc1.[Zn]. The molecule has 3 heteroatoms. The van der Waals surface area contributed by atoms with Crippen molar-refractivity contribution in [1.29, 1.82) is 0 Å². The summed E-state index contributed by atoms with van der Waals surface area (Å²) in [6, 6.07) is 4.79. The molecular formula is C10H14N2Zn. The van der Waals surface area contributed by atoms with E-state index in [9.17, 15) is 0 Å². The van der Waals surface area contributed by atoms with Crippen LogP contribution in [0.2, 0.25) is 0 Å². The Morgan fingerprint density at radius 1 is 1.54 bits per heavy atom. The average molecular weight is 228 g/mol. The van der Waals surface area contributed by atoms with Crippen molar-refractivity contribution in [2.75, 3.05) is 13.6 Å². The molecule has 0 bridgehead atoms. The van der Waals surface area contributed by atoms with Gasteiger partial charge in [-0.25, -0.2) is 0 Å². The molecule has 1 unspecified atom stereocenters. The van der Waals surface area contributed by atoms with Gasteiger partial charge in [-0.1, -0.05) is 6.07 Å². The number of hydrogen-bond donors (Lipinski definition) is 0. The average Bonchev–Trinajstić information content (AvgIpc) is 2.53. The van der Waals surface area contributed by atoms with Gasteiger partial charge in [0.2, 0.25) is 0 Å². The van der Waals surface area contributed by atoms with E-state index in [2.05, 4.69) is 23.0 Å². The van der Waals surface area contributed by atoms with Crippen LogP contribution >= 0.6 is 0 Å². The predicted molar refractivity (Wildman–Crippen MR) is 48.8 cm³/mol. The summed E-state index contributed by atoms with van der Waals surface area (Å²) in [4.78, 5) is 6.54. The number of rotatable bonds is 1. The summed E-state index contributed by atoms with van der Waals surface area (Å²) in [6.45, 7) is 1.22. The van der Waals surface area contributed by atoms with Crippen molar-refractivity contribution >= 4 is 0 Å². The van der Waals surface area contributed by atoms with E-state index in [1.165, 1.54) is 24.9 Å². The molecule has 1 fully saturated rings. The fraction of sp³-hybridized carbons (Fsp3) is 0.500. The van der Waals surface area contributed by atoms with E-state index in [0.717, 1.165) is 0 Å². The number of hydrogen-bond acceptors (Lipinski definition) is 2. The molecule has 2 heterocycles. The molecule has 0 spiro atoms. The van der Waals surface area contributed by atoms with Crippen LogP contribution in [0, 0.1) is 0 Å². The quantitative estimate of drug-likeness (QED) is 0.681. The first-order valence-corrected chi connectivity index (χ1v) is 4.48. The van der Waals surface area contributed by atoms with Crippen molar-refractivity contribution in [2.24, 2.45) is 0 Å². The molecule has 0 saturated carbocycles. The first-order chi connectivity index (χ1) is 5.88. The summed E-state index contributed by atoms with van der Waals surface area (Å²) < 4.78 is 0. The molecule has 1 aromatic rings. The molecule has 13 heavy (non-hydrogen) atoms. The molecule has 1 aliphatic rings. The summed E-state index contributed by atoms with van der Waals surface area (Å²) in [7, 11) is 2.19. The minimum atomic E-state index is 0. The molecule has 2 nitrogen and oxygen atoms in total. The van der Waals surface area contributed by atoms with Gasteiger partial charge in [-0.05, 0) is 38.1 Å². The second-order valence-electron chi connectivity index (χ2n) is 3.42. The van der Waals surface area contributed by atoms with Gasteiger partial charge in [0.25, 0.3) is 0 Å².